The summed E-state index contributed by atoms with van der Waals surface area (Å²) < 4.78 is 2.02. The number of nitrogens with one attached hydrogen (secondary N) is 1. The van der Waals surface area contributed by atoms with Crippen molar-refractivity contribution in [3.63, 3.8) is 0 Å². The summed E-state index contributed by atoms with van der Waals surface area (Å²) in [5, 5.41) is 14.0. The number of benzene rings is 2. The van der Waals surface area contributed by atoms with Gasteiger partial charge in [0.25, 0.3) is 0 Å². The van der Waals surface area contributed by atoms with Crippen LogP contribution in [0.4, 0.5) is 0 Å². The van der Waals surface area contributed by atoms with Crippen molar-refractivity contribution >= 4 is 23.3 Å². The zero-order chi connectivity index (χ0) is 24.5. The highest BCUT2D eigenvalue weighted by atomic mass is 32.1. The molecule has 0 spiro atoms. The predicted octanol–water partition coefficient (Wildman–Crippen LogP) is 5.36. The number of aryl methyl sites for hydroxylation is 1. The summed E-state index contributed by atoms with van der Waals surface area (Å²) >= 11 is 5.83. The Kier molecular flexibility index (Phi) is 6.09. The molecule has 6 nitrogen and oxygen atoms in total. The lowest BCUT2D eigenvalue weighted by atomic mass is 9.96. The summed E-state index contributed by atoms with van der Waals surface area (Å²) in [5.41, 5.74) is 6.01. The molecular formula is C28H26N4O2S. The maximum atomic E-state index is 12.0. The monoisotopic (exact) mass is 482 g/mol. The number of aromatic carboxylic acids is 1. The first-order valence-electron chi connectivity index (χ1n) is 11.5. The van der Waals surface area contributed by atoms with Crippen molar-refractivity contribution in [1.82, 2.24) is 19.8 Å². The van der Waals surface area contributed by atoms with Gasteiger partial charge in [0.1, 0.15) is 0 Å². The van der Waals surface area contributed by atoms with Crippen LogP contribution in [0.5, 0.6) is 0 Å². The van der Waals surface area contributed by atoms with Gasteiger partial charge in [-0.15, -0.1) is 0 Å². The van der Waals surface area contributed by atoms with Crippen molar-refractivity contribution in [3.05, 3.63) is 119 Å². The SMILES string of the molecule is Cc1cc([C@H]2[C@H](c3ccccn3)NC(=S)N2Cc2ccccc2)c(C)n1-c1ccccc1C(=O)O. The minimum absolute atomic E-state index is 0.116. The first kappa shape index (κ1) is 22.8. The maximum Gasteiger partial charge on any atom is 0.337 e. The number of carbonyl (C=O) groups is 1. The molecule has 0 bridgehead atoms. The highest BCUT2D eigenvalue weighted by Crippen LogP contribution is 2.42. The standard InChI is InChI=1S/C28H26N4O2S/c1-18-16-22(19(2)32(18)24-14-7-6-12-21(24)27(33)34)26-25(23-13-8-9-15-29-23)30-28(35)31(26)17-20-10-4-3-5-11-20/h3-16,25-26H,17H2,1-2H3,(H,30,35)(H,33,34)/t25-,26-/m0/s1. The molecule has 4 aromatic rings. The average Bonchev–Trinajstić information content (AvgIpc) is 3.35. The summed E-state index contributed by atoms with van der Waals surface area (Å²) in [6, 6.07) is 25.1. The van der Waals surface area contributed by atoms with E-state index in [-0.39, 0.29) is 17.6 Å². The van der Waals surface area contributed by atoms with Gasteiger partial charge in [-0.2, -0.15) is 0 Å². The highest BCUT2D eigenvalue weighted by molar-refractivity contribution is 7.80. The third-order valence-corrected chi connectivity index (χ3v) is 6.91. The summed E-state index contributed by atoms with van der Waals surface area (Å²) in [5.74, 6) is -0.949. The number of rotatable bonds is 6. The highest BCUT2D eigenvalue weighted by Gasteiger charge is 2.41. The quantitative estimate of drug-likeness (QED) is 0.361. The molecule has 0 radical (unpaired) electrons. The van der Waals surface area contributed by atoms with Gasteiger partial charge < -0.3 is 19.9 Å². The number of hydrogen-bond acceptors (Lipinski definition) is 3. The van der Waals surface area contributed by atoms with Crippen LogP contribution >= 0.6 is 12.2 Å². The second-order valence-electron chi connectivity index (χ2n) is 8.72. The Balaban J connectivity index is 1.65. The van der Waals surface area contributed by atoms with Gasteiger partial charge in [-0.3, -0.25) is 4.98 Å². The Hall–Kier alpha value is -3.97. The van der Waals surface area contributed by atoms with Crippen LogP contribution < -0.4 is 5.32 Å². The van der Waals surface area contributed by atoms with Gasteiger partial charge in [-0.05, 0) is 67.5 Å². The summed E-state index contributed by atoms with van der Waals surface area (Å²) in [4.78, 5) is 18.8. The molecule has 7 heteroatoms. The van der Waals surface area contributed by atoms with Gasteiger partial charge in [0, 0.05) is 24.1 Å². The van der Waals surface area contributed by atoms with Gasteiger partial charge in [-0.1, -0.05) is 48.5 Å². The van der Waals surface area contributed by atoms with E-state index in [1.807, 2.05) is 66.9 Å². The molecule has 1 aliphatic rings. The Bertz CT molecular complexity index is 1380. The topological polar surface area (TPSA) is 70.4 Å². The third kappa shape index (κ3) is 4.19. The molecule has 1 aliphatic heterocycles. The number of hydrogen-bond donors (Lipinski definition) is 2. The van der Waals surface area contributed by atoms with E-state index >= 15 is 0 Å². The molecular weight excluding hydrogens is 456 g/mol. The number of pyridine rings is 1. The van der Waals surface area contributed by atoms with Crippen molar-refractivity contribution in [2.24, 2.45) is 0 Å². The molecule has 0 unspecified atom stereocenters. The fourth-order valence-electron chi connectivity index (χ4n) is 5.00. The molecule has 2 atom stereocenters. The Morgan fingerprint density at radius 3 is 2.46 bits per heavy atom. The smallest absolute Gasteiger partial charge is 0.337 e. The first-order chi connectivity index (χ1) is 17.0. The number of carboxylic acids is 1. The third-order valence-electron chi connectivity index (χ3n) is 6.56. The number of nitrogens with zero attached hydrogens (tertiary/aromatic N) is 3. The molecule has 35 heavy (non-hydrogen) atoms. The lowest BCUT2D eigenvalue weighted by Crippen LogP contribution is -2.29. The fraction of sp³-hybridized carbons (Fsp3) is 0.179. The van der Waals surface area contributed by atoms with E-state index in [1.165, 1.54) is 0 Å². The van der Waals surface area contributed by atoms with Gasteiger partial charge in [0.15, 0.2) is 5.11 Å². The predicted molar refractivity (Wildman–Crippen MR) is 140 cm³/mol. The van der Waals surface area contributed by atoms with Crippen LogP contribution in [-0.2, 0) is 6.54 Å². The van der Waals surface area contributed by atoms with Gasteiger partial charge in [0.05, 0.1) is 29.0 Å². The minimum atomic E-state index is -0.949. The number of carboxylic acid groups (broad SMARTS) is 1. The van der Waals surface area contributed by atoms with Crippen LogP contribution in [-0.4, -0.2) is 30.6 Å². The van der Waals surface area contributed by atoms with E-state index in [4.69, 9.17) is 12.2 Å². The molecule has 5 rings (SSSR count). The van der Waals surface area contributed by atoms with Gasteiger partial charge >= 0.3 is 5.97 Å². The Labute approximate surface area is 209 Å². The van der Waals surface area contributed by atoms with Crippen LogP contribution in [0.2, 0.25) is 0 Å². The molecule has 0 saturated carbocycles. The van der Waals surface area contributed by atoms with Crippen LogP contribution in [0.25, 0.3) is 5.69 Å². The lowest BCUT2D eigenvalue weighted by molar-refractivity contribution is 0.0697. The molecule has 1 fully saturated rings. The molecule has 3 heterocycles. The molecule has 0 aliphatic carbocycles. The van der Waals surface area contributed by atoms with Gasteiger partial charge in [-0.25, -0.2) is 4.79 Å². The molecule has 1 saturated heterocycles. The van der Waals surface area contributed by atoms with E-state index in [2.05, 4.69) is 33.4 Å². The zero-order valence-electron chi connectivity index (χ0n) is 19.6. The van der Waals surface area contributed by atoms with Crippen molar-refractivity contribution in [2.75, 3.05) is 0 Å². The number of aromatic nitrogens is 2. The largest absolute Gasteiger partial charge is 0.478 e. The summed E-state index contributed by atoms with van der Waals surface area (Å²) in [6.45, 7) is 4.70. The van der Waals surface area contributed by atoms with Crippen LogP contribution in [0, 0.1) is 13.8 Å². The van der Waals surface area contributed by atoms with Crippen LogP contribution in [0.1, 0.15) is 50.7 Å². The van der Waals surface area contributed by atoms with E-state index in [0.29, 0.717) is 17.3 Å². The van der Waals surface area contributed by atoms with E-state index in [1.54, 1.807) is 18.3 Å². The van der Waals surface area contributed by atoms with E-state index < -0.39 is 5.97 Å². The summed E-state index contributed by atoms with van der Waals surface area (Å²) in [7, 11) is 0. The normalized spacial score (nSPS) is 17.4. The molecule has 2 aromatic carbocycles. The van der Waals surface area contributed by atoms with Crippen molar-refractivity contribution in [3.8, 4) is 5.69 Å². The van der Waals surface area contributed by atoms with E-state index in [0.717, 1.165) is 28.2 Å². The lowest BCUT2D eigenvalue weighted by Gasteiger charge is -2.28. The molecule has 0 amide bonds. The second-order valence-corrected chi connectivity index (χ2v) is 9.11. The summed E-state index contributed by atoms with van der Waals surface area (Å²) in [6.07, 6.45) is 1.80. The zero-order valence-corrected chi connectivity index (χ0v) is 20.4. The number of thiocarbonyl (C=S) groups is 1. The van der Waals surface area contributed by atoms with Crippen molar-refractivity contribution in [2.45, 2.75) is 32.5 Å². The minimum Gasteiger partial charge on any atom is -0.478 e. The molecule has 2 N–H and O–H groups in total. The van der Waals surface area contributed by atoms with Crippen molar-refractivity contribution < 1.29 is 9.90 Å². The maximum absolute atomic E-state index is 12.0. The Morgan fingerprint density at radius 1 is 1.03 bits per heavy atom. The number of para-hydroxylation sites is 1. The fourth-order valence-corrected chi connectivity index (χ4v) is 5.31. The van der Waals surface area contributed by atoms with Crippen molar-refractivity contribution in [1.29, 1.82) is 0 Å². The van der Waals surface area contributed by atoms with Crippen LogP contribution in [0.3, 0.4) is 0 Å². The molecule has 176 valence electrons. The average molecular weight is 483 g/mol. The van der Waals surface area contributed by atoms with Crippen LogP contribution in [0.15, 0.2) is 85.1 Å². The second kappa shape index (κ2) is 9.35. The first-order valence-corrected chi connectivity index (χ1v) is 11.9. The van der Waals surface area contributed by atoms with Gasteiger partial charge in [0.2, 0.25) is 0 Å². The Morgan fingerprint density at radius 2 is 1.74 bits per heavy atom. The van der Waals surface area contributed by atoms with E-state index in [9.17, 15) is 9.90 Å². The molecule has 2 aromatic heterocycles.